The van der Waals surface area contributed by atoms with E-state index < -0.39 is 5.92 Å². The second kappa shape index (κ2) is 6.37. The second-order valence-corrected chi connectivity index (χ2v) is 7.91. The van der Waals surface area contributed by atoms with Crippen LogP contribution in [0.25, 0.3) is 10.6 Å². The Labute approximate surface area is 151 Å². The molecule has 0 radical (unpaired) electrons. The van der Waals surface area contributed by atoms with E-state index in [1.807, 2.05) is 24.3 Å². The Kier molecular flexibility index (Phi) is 4.20. The van der Waals surface area contributed by atoms with E-state index in [-0.39, 0.29) is 23.4 Å². The molecule has 2 aromatic rings. The summed E-state index contributed by atoms with van der Waals surface area (Å²) < 4.78 is 5.45. The van der Waals surface area contributed by atoms with Crippen molar-refractivity contribution in [2.24, 2.45) is 11.8 Å². The number of fused-ring (bicyclic) bond motifs is 2. The summed E-state index contributed by atoms with van der Waals surface area (Å²) in [4.78, 5) is 31.5. The Bertz CT molecular complexity index is 819. The van der Waals surface area contributed by atoms with Crippen LogP contribution in [0, 0.1) is 11.8 Å². The summed E-state index contributed by atoms with van der Waals surface area (Å²) in [5.74, 6) is 0.381. The molecule has 2 bridgehead atoms. The van der Waals surface area contributed by atoms with Gasteiger partial charge in [-0.2, -0.15) is 0 Å². The van der Waals surface area contributed by atoms with Crippen LogP contribution in [0.2, 0.25) is 0 Å². The minimum atomic E-state index is -0.652. The summed E-state index contributed by atoms with van der Waals surface area (Å²) >= 11 is 1.57. The molecule has 0 spiro atoms. The van der Waals surface area contributed by atoms with Crippen molar-refractivity contribution in [3.63, 3.8) is 0 Å². The third kappa shape index (κ3) is 2.61. The first-order chi connectivity index (χ1) is 12.1. The van der Waals surface area contributed by atoms with E-state index in [1.165, 1.54) is 0 Å². The van der Waals surface area contributed by atoms with Crippen molar-refractivity contribution >= 4 is 22.9 Å². The van der Waals surface area contributed by atoms with Gasteiger partial charge < -0.3 is 4.74 Å². The van der Waals surface area contributed by atoms with Crippen molar-refractivity contribution in [3.8, 4) is 16.3 Å². The number of nitrogens with zero attached hydrogens (tertiary/aromatic N) is 1. The standard InChI is InChI=1S/C20H21NO3S/c1-3-15-17(16-18(22)11-8-9-12(10-11)19(16)23)21-20(25-15)13-6-4-5-7-14(13)24-2/h4-7,11-12,16H,3,8-10H2,1-2H3/t11-,12+,16?. The monoisotopic (exact) mass is 355 g/mol. The number of Topliss-reactive ketones (excluding diaryl/α,β-unsaturated/α-hetero) is 2. The number of rotatable bonds is 4. The minimum Gasteiger partial charge on any atom is -0.496 e. The predicted octanol–water partition coefficient (Wildman–Crippen LogP) is 4.03. The molecule has 2 aliphatic rings. The highest BCUT2D eigenvalue weighted by Gasteiger charge is 2.48. The highest BCUT2D eigenvalue weighted by Crippen LogP contribution is 2.46. The molecular formula is C20H21NO3S. The van der Waals surface area contributed by atoms with E-state index in [1.54, 1.807) is 18.4 Å². The van der Waals surface area contributed by atoms with Gasteiger partial charge in [0.15, 0.2) is 11.6 Å². The number of ketones is 2. The van der Waals surface area contributed by atoms with E-state index >= 15 is 0 Å². The third-order valence-corrected chi connectivity index (χ3v) is 6.71. The number of benzene rings is 1. The molecule has 4 nitrogen and oxygen atoms in total. The summed E-state index contributed by atoms with van der Waals surface area (Å²) in [6.45, 7) is 2.05. The topological polar surface area (TPSA) is 56.3 Å². The van der Waals surface area contributed by atoms with Crippen molar-refractivity contribution in [1.82, 2.24) is 4.98 Å². The van der Waals surface area contributed by atoms with E-state index in [2.05, 4.69) is 6.92 Å². The Morgan fingerprint density at radius 2 is 1.84 bits per heavy atom. The Morgan fingerprint density at radius 1 is 1.16 bits per heavy atom. The van der Waals surface area contributed by atoms with E-state index in [0.29, 0.717) is 5.69 Å². The molecule has 1 unspecified atom stereocenters. The van der Waals surface area contributed by atoms with E-state index in [0.717, 1.165) is 46.9 Å². The van der Waals surface area contributed by atoms with Gasteiger partial charge in [-0.25, -0.2) is 4.98 Å². The highest BCUT2D eigenvalue weighted by atomic mass is 32.1. The molecule has 1 heterocycles. The molecule has 0 saturated heterocycles. The number of methoxy groups -OCH3 is 1. The molecule has 5 heteroatoms. The van der Waals surface area contributed by atoms with Gasteiger partial charge in [-0.1, -0.05) is 19.1 Å². The molecular weight excluding hydrogens is 334 g/mol. The lowest BCUT2D eigenvalue weighted by atomic mass is 9.77. The highest BCUT2D eigenvalue weighted by molar-refractivity contribution is 7.15. The van der Waals surface area contributed by atoms with Gasteiger partial charge in [-0.15, -0.1) is 11.3 Å². The number of para-hydroxylation sites is 1. The van der Waals surface area contributed by atoms with Crippen LogP contribution in [-0.2, 0) is 16.0 Å². The lowest BCUT2D eigenvalue weighted by molar-refractivity contribution is -0.136. The molecule has 2 aliphatic carbocycles. The average Bonchev–Trinajstić information content (AvgIpc) is 3.26. The number of carbonyl (C=O) groups is 2. The molecule has 2 saturated carbocycles. The molecule has 0 N–H and O–H groups in total. The summed E-state index contributed by atoms with van der Waals surface area (Å²) in [6, 6.07) is 7.74. The van der Waals surface area contributed by atoms with E-state index in [4.69, 9.17) is 9.72 Å². The first kappa shape index (κ1) is 16.5. The van der Waals surface area contributed by atoms with Crippen LogP contribution in [0.15, 0.2) is 24.3 Å². The number of aryl methyl sites for hydroxylation is 1. The molecule has 2 fully saturated rings. The fourth-order valence-electron chi connectivity index (χ4n) is 4.16. The van der Waals surface area contributed by atoms with Crippen molar-refractivity contribution < 1.29 is 14.3 Å². The number of carbonyl (C=O) groups excluding carboxylic acids is 2. The molecule has 0 amide bonds. The van der Waals surface area contributed by atoms with Crippen LogP contribution >= 0.6 is 11.3 Å². The predicted molar refractivity (Wildman–Crippen MR) is 97.1 cm³/mol. The second-order valence-electron chi connectivity index (χ2n) is 6.83. The Hall–Kier alpha value is -2.01. The van der Waals surface area contributed by atoms with Crippen LogP contribution in [0.5, 0.6) is 5.75 Å². The molecule has 130 valence electrons. The Morgan fingerprint density at radius 3 is 2.48 bits per heavy atom. The van der Waals surface area contributed by atoms with Gasteiger partial charge in [0.25, 0.3) is 0 Å². The number of hydrogen-bond acceptors (Lipinski definition) is 5. The fourth-order valence-corrected chi connectivity index (χ4v) is 5.23. The zero-order valence-corrected chi connectivity index (χ0v) is 15.3. The summed E-state index contributed by atoms with van der Waals surface area (Å²) in [5.41, 5.74) is 1.61. The van der Waals surface area contributed by atoms with Crippen LogP contribution in [0.1, 0.15) is 42.7 Å². The van der Waals surface area contributed by atoms with Gasteiger partial charge in [0.1, 0.15) is 16.7 Å². The van der Waals surface area contributed by atoms with Gasteiger partial charge in [0.05, 0.1) is 18.4 Å². The van der Waals surface area contributed by atoms with Crippen molar-refractivity contribution in [3.05, 3.63) is 34.8 Å². The number of thiazole rings is 1. The fraction of sp³-hybridized carbons (Fsp3) is 0.450. The number of ether oxygens (including phenoxy) is 1. The summed E-state index contributed by atoms with van der Waals surface area (Å²) in [6.07, 6.45) is 3.24. The molecule has 4 rings (SSSR count). The van der Waals surface area contributed by atoms with Gasteiger partial charge in [-0.05, 0) is 37.8 Å². The lowest BCUT2D eigenvalue weighted by Crippen LogP contribution is -2.35. The van der Waals surface area contributed by atoms with Gasteiger partial charge in [-0.3, -0.25) is 9.59 Å². The first-order valence-electron chi connectivity index (χ1n) is 8.84. The zero-order valence-electron chi connectivity index (χ0n) is 14.5. The SMILES string of the molecule is CCc1sc(-c2ccccc2OC)nc1C1C(=O)[C@@H]2CC[C@@H](C2)C1=O. The van der Waals surface area contributed by atoms with Crippen molar-refractivity contribution in [2.75, 3.05) is 7.11 Å². The third-order valence-electron chi connectivity index (χ3n) is 5.47. The maximum atomic E-state index is 12.9. The smallest absolute Gasteiger partial charge is 0.152 e. The quantitative estimate of drug-likeness (QED) is 0.777. The molecule has 1 aromatic carbocycles. The normalized spacial score (nSPS) is 25.4. The lowest BCUT2D eigenvalue weighted by Gasteiger charge is -2.24. The van der Waals surface area contributed by atoms with Crippen molar-refractivity contribution in [2.45, 2.75) is 38.5 Å². The van der Waals surface area contributed by atoms with Gasteiger partial charge in [0, 0.05) is 16.7 Å². The zero-order chi connectivity index (χ0) is 17.6. The van der Waals surface area contributed by atoms with Crippen LogP contribution in [0.3, 0.4) is 0 Å². The van der Waals surface area contributed by atoms with Crippen LogP contribution in [-0.4, -0.2) is 23.7 Å². The maximum Gasteiger partial charge on any atom is 0.152 e. The molecule has 25 heavy (non-hydrogen) atoms. The van der Waals surface area contributed by atoms with Gasteiger partial charge in [0.2, 0.25) is 0 Å². The molecule has 0 aliphatic heterocycles. The largest absolute Gasteiger partial charge is 0.496 e. The first-order valence-corrected chi connectivity index (χ1v) is 9.66. The molecule has 3 atom stereocenters. The summed E-state index contributed by atoms with van der Waals surface area (Å²) in [7, 11) is 1.64. The molecule has 1 aromatic heterocycles. The van der Waals surface area contributed by atoms with Crippen LogP contribution in [0.4, 0.5) is 0 Å². The summed E-state index contributed by atoms with van der Waals surface area (Å²) in [5, 5.41) is 0.822. The van der Waals surface area contributed by atoms with Crippen LogP contribution < -0.4 is 4.74 Å². The van der Waals surface area contributed by atoms with E-state index in [9.17, 15) is 9.59 Å². The maximum absolute atomic E-state index is 12.9. The average molecular weight is 355 g/mol. The number of hydrogen-bond donors (Lipinski definition) is 0. The Balaban J connectivity index is 1.79. The minimum absolute atomic E-state index is 0.0498. The van der Waals surface area contributed by atoms with Gasteiger partial charge >= 0.3 is 0 Å². The number of aromatic nitrogens is 1. The van der Waals surface area contributed by atoms with Crippen molar-refractivity contribution in [1.29, 1.82) is 0 Å².